The summed E-state index contributed by atoms with van der Waals surface area (Å²) in [6, 6.07) is 4.33. The van der Waals surface area contributed by atoms with Crippen LogP contribution in [-0.4, -0.2) is 44.8 Å². The molecule has 0 aliphatic carbocycles. The minimum atomic E-state index is -4.63. The number of piperidine rings is 1. The summed E-state index contributed by atoms with van der Waals surface area (Å²) < 4.78 is 47.8. The third kappa shape index (κ3) is 4.67. The Hall–Kier alpha value is -3.47. The first kappa shape index (κ1) is 24.2. The zero-order valence-electron chi connectivity index (χ0n) is 20.0. The highest BCUT2D eigenvalue weighted by molar-refractivity contribution is 5.95. The number of fused-ring (bicyclic) bond motifs is 1. The van der Waals surface area contributed by atoms with Crippen LogP contribution >= 0.6 is 0 Å². The minimum Gasteiger partial charge on any atom is -0.423 e. The van der Waals surface area contributed by atoms with Crippen molar-refractivity contribution in [2.45, 2.75) is 57.8 Å². The Kier molecular flexibility index (Phi) is 6.42. The maximum atomic E-state index is 13.3. The van der Waals surface area contributed by atoms with E-state index in [1.807, 2.05) is 29.9 Å². The van der Waals surface area contributed by atoms with E-state index in [9.17, 15) is 18.0 Å². The van der Waals surface area contributed by atoms with Crippen LogP contribution in [0.3, 0.4) is 0 Å². The van der Waals surface area contributed by atoms with Gasteiger partial charge in [-0.3, -0.25) is 9.48 Å². The number of carbonyl (C=O) groups is 1. The molecule has 1 saturated heterocycles. The van der Waals surface area contributed by atoms with Gasteiger partial charge in [0.25, 0.3) is 0 Å². The minimum absolute atomic E-state index is 0.0128. The molecule has 5 rings (SSSR count). The summed E-state index contributed by atoms with van der Waals surface area (Å²) >= 11 is 0. The van der Waals surface area contributed by atoms with E-state index in [0.717, 1.165) is 49.3 Å². The molecule has 0 radical (unpaired) electrons. The van der Waals surface area contributed by atoms with Crippen molar-refractivity contribution in [2.24, 2.45) is 0 Å². The van der Waals surface area contributed by atoms with E-state index in [1.54, 1.807) is 11.1 Å². The van der Waals surface area contributed by atoms with Crippen LogP contribution in [0, 0.1) is 0 Å². The normalized spacial score (nSPS) is 18.7. The molecule has 0 bridgehead atoms. The lowest BCUT2D eigenvalue weighted by Crippen LogP contribution is -2.40. The molecule has 1 fully saturated rings. The molecule has 36 heavy (non-hydrogen) atoms. The van der Waals surface area contributed by atoms with Crippen molar-refractivity contribution in [1.82, 2.24) is 25.1 Å². The Balaban J connectivity index is 1.60. The fourth-order valence-corrected chi connectivity index (χ4v) is 5.02. The number of nitrogens with zero attached hydrogens (tertiary/aromatic N) is 5. The number of ether oxygens (including phenoxy) is 1. The van der Waals surface area contributed by atoms with E-state index < -0.39 is 17.9 Å². The quantitative estimate of drug-likeness (QED) is 0.556. The zero-order chi connectivity index (χ0) is 25.4. The summed E-state index contributed by atoms with van der Waals surface area (Å²) in [5.41, 5.74) is 1.75. The summed E-state index contributed by atoms with van der Waals surface area (Å²) in [4.78, 5) is 21.7. The molecule has 4 heterocycles. The maximum Gasteiger partial charge on any atom is 0.433 e. The van der Waals surface area contributed by atoms with Gasteiger partial charge in [-0.05, 0) is 63.9 Å². The van der Waals surface area contributed by atoms with Gasteiger partial charge in [0, 0.05) is 42.0 Å². The van der Waals surface area contributed by atoms with Crippen LogP contribution in [-0.2, 0) is 17.4 Å². The lowest BCUT2D eigenvalue weighted by atomic mass is 9.92. The molecule has 1 amide bonds. The number of amides is 1. The molecule has 2 aromatic heterocycles. The van der Waals surface area contributed by atoms with Crippen LogP contribution < -0.4 is 15.0 Å². The van der Waals surface area contributed by atoms with Crippen LogP contribution in [0.4, 0.5) is 18.9 Å². The molecular weight excluding hydrogens is 473 g/mol. The number of rotatable bonds is 4. The lowest BCUT2D eigenvalue weighted by molar-refractivity contribution is -0.141. The maximum absolute atomic E-state index is 13.3. The summed E-state index contributed by atoms with van der Waals surface area (Å²) in [6.45, 7) is 5.30. The first-order valence-corrected chi connectivity index (χ1v) is 12.0. The molecule has 1 N–H and O–H groups in total. The topological polar surface area (TPSA) is 85.2 Å². The molecule has 3 aromatic rings. The summed E-state index contributed by atoms with van der Waals surface area (Å²) in [7, 11) is 0. The number of aromatic nitrogens is 4. The predicted octanol–water partition coefficient (Wildman–Crippen LogP) is 4.76. The van der Waals surface area contributed by atoms with Crippen LogP contribution in [0.5, 0.6) is 11.8 Å². The number of halogens is 3. The number of anilines is 1. The van der Waals surface area contributed by atoms with E-state index in [2.05, 4.69) is 20.4 Å². The van der Waals surface area contributed by atoms with E-state index in [1.165, 1.54) is 6.92 Å². The first-order valence-electron chi connectivity index (χ1n) is 12.0. The third-order valence-corrected chi connectivity index (χ3v) is 6.80. The second kappa shape index (κ2) is 9.53. The Labute approximate surface area is 206 Å². The molecule has 2 aliphatic rings. The highest BCUT2D eigenvalue weighted by Gasteiger charge is 2.34. The van der Waals surface area contributed by atoms with Crippen molar-refractivity contribution in [3.63, 3.8) is 0 Å². The Morgan fingerprint density at radius 3 is 2.67 bits per heavy atom. The fraction of sp³-hybridized carbons (Fsp3) is 0.440. The van der Waals surface area contributed by atoms with Gasteiger partial charge in [0.15, 0.2) is 5.69 Å². The molecule has 0 spiro atoms. The number of alkyl halides is 3. The summed E-state index contributed by atoms with van der Waals surface area (Å²) in [6.07, 6.45) is 3.26. The van der Waals surface area contributed by atoms with E-state index in [0.29, 0.717) is 29.8 Å². The van der Waals surface area contributed by atoms with Crippen molar-refractivity contribution in [2.75, 3.05) is 18.0 Å². The molecular formula is C25H27F3N6O2. The second-order valence-corrected chi connectivity index (χ2v) is 9.23. The highest BCUT2D eigenvalue weighted by atomic mass is 19.4. The van der Waals surface area contributed by atoms with Gasteiger partial charge < -0.3 is 15.0 Å². The molecule has 8 nitrogen and oxygen atoms in total. The SMILES string of the molecule is CC(=O)N1c2ccc(-c3cnn(C4CCNCC4)c3)c(Oc3nccc(C(F)(F)F)n3)c2CCC1C. The number of nitrogens with one attached hydrogen (secondary N) is 1. The van der Waals surface area contributed by atoms with Crippen LogP contribution in [0.25, 0.3) is 11.1 Å². The number of carbonyl (C=O) groups excluding carboxylic acids is 1. The predicted molar refractivity (Wildman–Crippen MR) is 127 cm³/mol. The largest absolute Gasteiger partial charge is 0.433 e. The number of hydrogen-bond acceptors (Lipinski definition) is 6. The van der Waals surface area contributed by atoms with Gasteiger partial charge >= 0.3 is 12.2 Å². The zero-order valence-corrected chi connectivity index (χ0v) is 20.0. The standard InChI is InChI=1S/C25H27F3N6O2/c1-15-3-4-20-21(34(15)16(2)35)6-5-19(17-13-31-33(14-17)18-7-10-29-11-8-18)23(20)36-24-30-12-9-22(32-24)25(26,27)28/h5-6,9,12-15,18,29H,3-4,7-8,10-11H2,1-2H3. The molecule has 0 saturated carbocycles. The van der Waals surface area contributed by atoms with Crippen molar-refractivity contribution in [3.8, 4) is 22.9 Å². The Morgan fingerprint density at radius 2 is 1.94 bits per heavy atom. The smallest absolute Gasteiger partial charge is 0.423 e. The van der Waals surface area contributed by atoms with Gasteiger partial charge in [-0.15, -0.1) is 0 Å². The lowest BCUT2D eigenvalue weighted by Gasteiger charge is -2.35. The van der Waals surface area contributed by atoms with Crippen molar-refractivity contribution in [1.29, 1.82) is 0 Å². The number of hydrogen-bond donors (Lipinski definition) is 1. The summed E-state index contributed by atoms with van der Waals surface area (Å²) in [5.74, 6) is 0.228. The molecule has 1 aromatic carbocycles. The van der Waals surface area contributed by atoms with Crippen LogP contribution in [0.15, 0.2) is 36.8 Å². The van der Waals surface area contributed by atoms with Crippen LogP contribution in [0.2, 0.25) is 0 Å². The Morgan fingerprint density at radius 1 is 1.17 bits per heavy atom. The van der Waals surface area contributed by atoms with Crippen molar-refractivity contribution in [3.05, 3.63) is 48.0 Å². The van der Waals surface area contributed by atoms with Gasteiger partial charge in [0.1, 0.15) is 5.75 Å². The average Bonchev–Trinajstić information content (AvgIpc) is 3.34. The fourth-order valence-electron chi connectivity index (χ4n) is 5.02. The molecule has 190 valence electrons. The van der Waals surface area contributed by atoms with Crippen molar-refractivity contribution >= 4 is 11.6 Å². The third-order valence-electron chi connectivity index (χ3n) is 6.80. The van der Waals surface area contributed by atoms with Gasteiger partial charge in [-0.25, -0.2) is 4.98 Å². The van der Waals surface area contributed by atoms with E-state index >= 15 is 0 Å². The molecule has 11 heteroatoms. The van der Waals surface area contributed by atoms with Gasteiger partial charge in [0.05, 0.1) is 17.9 Å². The van der Waals surface area contributed by atoms with Crippen LogP contribution in [0.1, 0.15) is 50.4 Å². The Bertz CT molecular complexity index is 1270. The monoisotopic (exact) mass is 500 g/mol. The van der Waals surface area contributed by atoms with Gasteiger partial charge in [-0.2, -0.15) is 23.3 Å². The van der Waals surface area contributed by atoms with Gasteiger partial charge in [0.2, 0.25) is 5.91 Å². The average molecular weight is 501 g/mol. The van der Waals surface area contributed by atoms with E-state index in [4.69, 9.17) is 4.74 Å². The molecule has 1 unspecified atom stereocenters. The van der Waals surface area contributed by atoms with Gasteiger partial charge in [-0.1, -0.05) is 0 Å². The molecule has 1 atom stereocenters. The number of benzene rings is 1. The first-order chi connectivity index (χ1) is 17.2. The summed E-state index contributed by atoms with van der Waals surface area (Å²) in [5, 5.41) is 7.91. The van der Waals surface area contributed by atoms with Crippen molar-refractivity contribution < 1.29 is 22.7 Å². The second-order valence-electron chi connectivity index (χ2n) is 9.23. The van der Waals surface area contributed by atoms with E-state index in [-0.39, 0.29) is 18.0 Å². The molecule has 2 aliphatic heterocycles. The highest BCUT2D eigenvalue weighted by Crippen LogP contribution is 2.44.